The zero-order chi connectivity index (χ0) is 18.8. The Bertz CT molecular complexity index is 872. The minimum absolute atomic E-state index is 0.107. The van der Waals surface area contributed by atoms with Crippen LogP contribution < -0.4 is 5.32 Å². The number of nitro benzene ring substituents is 1. The number of rotatable bonds is 5. The number of carboxylic acids is 1. The molecule has 0 saturated heterocycles. The van der Waals surface area contributed by atoms with E-state index in [1.807, 2.05) is 0 Å². The van der Waals surface area contributed by atoms with Crippen molar-refractivity contribution in [2.45, 2.75) is 32.6 Å². The Labute approximate surface area is 153 Å². The molecule has 0 radical (unpaired) electrons. The molecule has 26 heavy (non-hydrogen) atoms. The fourth-order valence-electron chi connectivity index (χ4n) is 3.23. The average molecular weight is 374 g/mol. The lowest BCUT2D eigenvalue weighted by Gasteiger charge is -2.20. The molecule has 1 aromatic heterocycles. The van der Waals surface area contributed by atoms with Crippen LogP contribution in [0.15, 0.2) is 24.3 Å². The Balaban J connectivity index is 1.87. The standard InChI is InChI=1S/C18H18N2O5S/c1-2-10-3-8-13-14(9-10)26-17(15(13)18(22)23)19-16(21)11-4-6-12(7-5-11)20(24)25/h4-7,10H,2-3,8-9H2,1H3,(H,19,21)(H,22,23). The van der Waals surface area contributed by atoms with Crippen LogP contribution in [0.2, 0.25) is 0 Å². The fourth-order valence-corrected chi connectivity index (χ4v) is 4.58. The van der Waals surface area contributed by atoms with E-state index in [4.69, 9.17) is 0 Å². The predicted molar refractivity (Wildman–Crippen MR) is 98.1 cm³/mol. The molecule has 1 amide bonds. The molecule has 2 aromatic rings. The molecule has 1 atom stereocenters. The van der Waals surface area contributed by atoms with Gasteiger partial charge in [0.1, 0.15) is 5.00 Å². The topological polar surface area (TPSA) is 110 Å². The van der Waals surface area contributed by atoms with Crippen LogP contribution >= 0.6 is 11.3 Å². The predicted octanol–water partition coefficient (Wildman–Crippen LogP) is 4.12. The maximum Gasteiger partial charge on any atom is 0.339 e. The average Bonchev–Trinajstić information content (AvgIpc) is 2.98. The summed E-state index contributed by atoms with van der Waals surface area (Å²) in [7, 11) is 0. The van der Waals surface area contributed by atoms with Crippen molar-refractivity contribution in [3.8, 4) is 0 Å². The van der Waals surface area contributed by atoms with Crippen molar-refractivity contribution in [1.29, 1.82) is 0 Å². The van der Waals surface area contributed by atoms with Crippen molar-refractivity contribution in [2.24, 2.45) is 5.92 Å². The Morgan fingerprint density at radius 3 is 2.62 bits per heavy atom. The molecule has 0 bridgehead atoms. The van der Waals surface area contributed by atoms with Gasteiger partial charge in [0.05, 0.1) is 10.5 Å². The van der Waals surface area contributed by atoms with Crippen LogP contribution in [0.1, 0.15) is 50.9 Å². The summed E-state index contributed by atoms with van der Waals surface area (Å²) >= 11 is 1.32. The molecule has 1 aromatic carbocycles. The second-order valence-corrected chi connectivity index (χ2v) is 7.39. The summed E-state index contributed by atoms with van der Waals surface area (Å²) in [6.45, 7) is 2.12. The second-order valence-electron chi connectivity index (χ2n) is 6.29. The third-order valence-corrected chi connectivity index (χ3v) is 5.90. The molecule has 8 heteroatoms. The van der Waals surface area contributed by atoms with Gasteiger partial charge in [-0.25, -0.2) is 4.79 Å². The minimum atomic E-state index is -1.04. The van der Waals surface area contributed by atoms with Gasteiger partial charge in [-0.2, -0.15) is 0 Å². The lowest BCUT2D eigenvalue weighted by atomic mass is 9.86. The molecular formula is C18H18N2O5S. The van der Waals surface area contributed by atoms with Crippen molar-refractivity contribution in [3.05, 3.63) is 55.9 Å². The Morgan fingerprint density at radius 2 is 2.04 bits per heavy atom. The second kappa shape index (κ2) is 7.25. The third kappa shape index (κ3) is 3.45. The number of amides is 1. The van der Waals surface area contributed by atoms with Crippen molar-refractivity contribution >= 4 is 33.9 Å². The Morgan fingerprint density at radius 1 is 1.35 bits per heavy atom. The zero-order valence-corrected chi connectivity index (χ0v) is 15.0. The van der Waals surface area contributed by atoms with E-state index in [2.05, 4.69) is 12.2 Å². The number of carbonyl (C=O) groups is 2. The first-order chi connectivity index (χ1) is 12.4. The van der Waals surface area contributed by atoms with E-state index in [0.717, 1.165) is 29.7 Å². The van der Waals surface area contributed by atoms with E-state index >= 15 is 0 Å². The van der Waals surface area contributed by atoms with E-state index in [1.165, 1.54) is 35.6 Å². The van der Waals surface area contributed by atoms with Crippen LogP contribution in [0.5, 0.6) is 0 Å². The number of nitrogens with one attached hydrogen (secondary N) is 1. The summed E-state index contributed by atoms with van der Waals surface area (Å²) < 4.78 is 0. The van der Waals surface area contributed by atoms with E-state index in [0.29, 0.717) is 17.3 Å². The van der Waals surface area contributed by atoms with E-state index in [-0.39, 0.29) is 16.8 Å². The lowest BCUT2D eigenvalue weighted by molar-refractivity contribution is -0.384. The van der Waals surface area contributed by atoms with Gasteiger partial charge in [0.2, 0.25) is 0 Å². The molecule has 0 spiro atoms. The summed E-state index contributed by atoms with van der Waals surface area (Å²) in [6.07, 6.45) is 3.55. The maximum atomic E-state index is 12.4. The number of fused-ring (bicyclic) bond motifs is 1. The molecule has 136 valence electrons. The van der Waals surface area contributed by atoms with Crippen LogP contribution in [0.3, 0.4) is 0 Å². The molecule has 1 heterocycles. The SMILES string of the molecule is CCC1CCc2c(sc(NC(=O)c3ccc([N+](=O)[O-])cc3)c2C(=O)O)C1. The number of benzene rings is 1. The fraction of sp³-hybridized carbons (Fsp3) is 0.333. The van der Waals surface area contributed by atoms with Gasteiger partial charge in [-0.15, -0.1) is 11.3 Å². The summed E-state index contributed by atoms with van der Waals surface area (Å²) in [5, 5.41) is 23.3. The highest BCUT2D eigenvalue weighted by atomic mass is 32.1. The van der Waals surface area contributed by atoms with Gasteiger partial charge in [-0.1, -0.05) is 13.3 Å². The van der Waals surface area contributed by atoms with Gasteiger partial charge in [0.25, 0.3) is 11.6 Å². The minimum Gasteiger partial charge on any atom is -0.478 e. The van der Waals surface area contributed by atoms with Crippen LogP contribution in [-0.2, 0) is 12.8 Å². The summed E-state index contributed by atoms with van der Waals surface area (Å²) in [5.74, 6) is -0.981. The quantitative estimate of drug-likeness (QED) is 0.604. The number of hydrogen-bond donors (Lipinski definition) is 2. The van der Waals surface area contributed by atoms with Crippen molar-refractivity contribution in [1.82, 2.24) is 0 Å². The van der Waals surface area contributed by atoms with Crippen molar-refractivity contribution < 1.29 is 19.6 Å². The third-order valence-electron chi connectivity index (χ3n) is 4.73. The molecule has 2 N–H and O–H groups in total. The highest BCUT2D eigenvalue weighted by molar-refractivity contribution is 7.17. The number of thiophene rings is 1. The number of non-ortho nitro benzene ring substituents is 1. The van der Waals surface area contributed by atoms with Gasteiger partial charge < -0.3 is 10.4 Å². The molecule has 0 saturated carbocycles. The van der Waals surface area contributed by atoms with Gasteiger partial charge in [0, 0.05) is 22.6 Å². The van der Waals surface area contributed by atoms with Gasteiger partial charge in [-0.05, 0) is 42.9 Å². The molecule has 1 aliphatic carbocycles. The van der Waals surface area contributed by atoms with Gasteiger partial charge in [0.15, 0.2) is 0 Å². The smallest absolute Gasteiger partial charge is 0.339 e. The van der Waals surface area contributed by atoms with Gasteiger partial charge in [-0.3, -0.25) is 14.9 Å². The molecule has 0 aliphatic heterocycles. The molecular weight excluding hydrogens is 356 g/mol. The Kier molecular flexibility index (Phi) is 5.03. The Hall–Kier alpha value is -2.74. The number of carbonyl (C=O) groups excluding carboxylic acids is 1. The van der Waals surface area contributed by atoms with Crippen LogP contribution in [-0.4, -0.2) is 21.9 Å². The zero-order valence-electron chi connectivity index (χ0n) is 14.2. The monoisotopic (exact) mass is 374 g/mol. The summed E-state index contributed by atoms with van der Waals surface area (Å²) in [4.78, 5) is 35.3. The van der Waals surface area contributed by atoms with E-state index in [9.17, 15) is 24.8 Å². The number of carboxylic acid groups (broad SMARTS) is 1. The van der Waals surface area contributed by atoms with Crippen LogP contribution in [0.25, 0.3) is 0 Å². The first-order valence-electron chi connectivity index (χ1n) is 8.34. The lowest BCUT2D eigenvalue weighted by Crippen LogP contribution is -2.15. The largest absolute Gasteiger partial charge is 0.478 e. The first-order valence-corrected chi connectivity index (χ1v) is 9.16. The highest BCUT2D eigenvalue weighted by Crippen LogP contribution is 2.40. The normalized spacial score (nSPS) is 16.0. The van der Waals surface area contributed by atoms with Crippen molar-refractivity contribution in [2.75, 3.05) is 5.32 Å². The van der Waals surface area contributed by atoms with Crippen LogP contribution in [0, 0.1) is 16.0 Å². The van der Waals surface area contributed by atoms with E-state index in [1.54, 1.807) is 0 Å². The number of nitro groups is 1. The number of aromatic carboxylic acids is 1. The first kappa shape index (κ1) is 18.1. The molecule has 7 nitrogen and oxygen atoms in total. The summed E-state index contributed by atoms with van der Waals surface area (Å²) in [5.41, 5.74) is 1.13. The van der Waals surface area contributed by atoms with E-state index < -0.39 is 16.8 Å². The molecule has 3 rings (SSSR count). The summed E-state index contributed by atoms with van der Waals surface area (Å²) in [6, 6.07) is 5.21. The molecule has 1 aliphatic rings. The number of hydrogen-bond acceptors (Lipinski definition) is 5. The molecule has 0 fully saturated rings. The molecule has 1 unspecified atom stereocenters. The maximum absolute atomic E-state index is 12.4. The number of nitrogens with zero attached hydrogens (tertiary/aromatic N) is 1. The van der Waals surface area contributed by atoms with Crippen molar-refractivity contribution in [3.63, 3.8) is 0 Å². The highest BCUT2D eigenvalue weighted by Gasteiger charge is 2.29. The van der Waals surface area contributed by atoms with Crippen LogP contribution in [0.4, 0.5) is 10.7 Å². The number of anilines is 1. The van der Waals surface area contributed by atoms with Gasteiger partial charge >= 0.3 is 5.97 Å².